The second-order valence-corrected chi connectivity index (χ2v) is 9.11. The molecule has 0 spiro atoms. The summed E-state index contributed by atoms with van der Waals surface area (Å²) in [6, 6.07) is 1.59. The number of nitrogens with zero attached hydrogens (tertiary/aromatic N) is 1. The van der Waals surface area contributed by atoms with Gasteiger partial charge in [0.1, 0.15) is 17.4 Å². The summed E-state index contributed by atoms with van der Waals surface area (Å²) in [5.41, 5.74) is 0.341. The molecule has 6 atom stereocenters. The number of carbonyl (C=O) groups excluding carboxylic acids is 2. The van der Waals surface area contributed by atoms with E-state index in [4.69, 9.17) is 5.11 Å². The molecule has 4 N–H and O–H groups in total. The molecule has 0 aliphatic heterocycles. The van der Waals surface area contributed by atoms with Crippen LogP contribution in [0.1, 0.15) is 33.6 Å². The topological polar surface area (TPSA) is 131 Å². The summed E-state index contributed by atoms with van der Waals surface area (Å²) < 4.78 is 0. The molecule has 2 bridgehead atoms. The third-order valence-electron chi connectivity index (χ3n) is 6.29. The molecule has 0 aromatic carbocycles. The Labute approximate surface area is 167 Å². The van der Waals surface area contributed by atoms with Crippen LogP contribution in [0.25, 0.3) is 0 Å². The average Bonchev–Trinajstić information content (AvgIpc) is 2.62. The molecule has 2 unspecified atom stereocenters. The number of hydrogen-bond donors (Lipinski definition) is 4. The van der Waals surface area contributed by atoms with Crippen LogP contribution in [0.4, 0.5) is 0 Å². The van der Waals surface area contributed by atoms with Crippen molar-refractivity contribution in [3.05, 3.63) is 0 Å². The zero-order chi connectivity index (χ0) is 20.4. The third kappa shape index (κ3) is 4.79. The van der Waals surface area contributed by atoms with Crippen LogP contribution in [0.15, 0.2) is 0 Å². The summed E-state index contributed by atoms with van der Waals surface area (Å²) in [5.74, 6) is -0.580. The van der Waals surface area contributed by atoms with Gasteiger partial charge in [-0.2, -0.15) is 5.26 Å². The number of nitriles is 1. The van der Waals surface area contributed by atoms with Crippen molar-refractivity contribution in [1.29, 1.82) is 5.26 Å². The van der Waals surface area contributed by atoms with Gasteiger partial charge in [0, 0.05) is 6.04 Å². The number of nitrogens with one attached hydrogen (secondary N) is 3. The van der Waals surface area contributed by atoms with E-state index >= 15 is 0 Å². The van der Waals surface area contributed by atoms with Crippen molar-refractivity contribution in [2.45, 2.75) is 50.5 Å². The second kappa shape index (κ2) is 8.57. The average molecular weight is 443 g/mol. The molecule has 2 amide bonds. The van der Waals surface area contributed by atoms with Gasteiger partial charge in [0.2, 0.25) is 11.8 Å². The fraction of sp³-hybridized carbons (Fsp3) is 0.778. The van der Waals surface area contributed by atoms with Gasteiger partial charge in [0.15, 0.2) is 0 Å². The zero-order valence-corrected chi connectivity index (χ0v) is 17.4. The molecule has 3 rings (SSSR count). The van der Waals surface area contributed by atoms with Gasteiger partial charge in [0.25, 0.3) is 0 Å². The van der Waals surface area contributed by atoms with Gasteiger partial charge in [-0.25, -0.2) is 0 Å². The Morgan fingerprint density at radius 2 is 1.93 bits per heavy atom. The van der Waals surface area contributed by atoms with Crippen molar-refractivity contribution in [3.63, 3.8) is 0 Å². The Morgan fingerprint density at radius 1 is 1.26 bits per heavy atom. The van der Waals surface area contributed by atoms with Crippen molar-refractivity contribution < 1.29 is 19.5 Å². The van der Waals surface area contributed by atoms with E-state index in [-0.39, 0.29) is 12.6 Å². The fourth-order valence-electron chi connectivity index (χ4n) is 4.44. The molecular formula is C18H27BrN4O4. The predicted molar refractivity (Wildman–Crippen MR) is 102 cm³/mol. The van der Waals surface area contributed by atoms with Gasteiger partial charge in [-0.1, -0.05) is 36.7 Å². The number of rotatable bonds is 8. The molecular weight excluding hydrogens is 416 g/mol. The standard InChI is InChI=1S/C18H27BrN4O4/c1-9-11-4-10(18(11,2)3)5-12(9)23-13(6-20)16(19)17(27)22-7-14(24)21-8-15(25)26/h9-13,16,23H,4-5,7-8H2,1-3H3,(H,21,24)(H,22,27)(H,25,26)/t9-,10+,11-,12-,13?,16?/m1/s1. The Hall–Kier alpha value is -1.66. The highest BCUT2D eigenvalue weighted by molar-refractivity contribution is 9.10. The van der Waals surface area contributed by atoms with E-state index in [9.17, 15) is 19.6 Å². The molecule has 3 aliphatic carbocycles. The van der Waals surface area contributed by atoms with Gasteiger partial charge >= 0.3 is 5.97 Å². The first-order valence-corrected chi connectivity index (χ1v) is 10.1. The molecule has 0 saturated heterocycles. The first kappa shape index (κ1) is 21.6. The lowest BCUT2D eigenvalue weighted by Crippen LogP contribution is -2.62. The van der Waals surface area contributed by atoms with E-state index in [0.717, 1.165) is 6.42 Å². The summed E-state index contributed by atoms with van der Waals surface area (Å²) in [6.07, 6.45) is 2.22. The number of amides is 2. The van der Waals surface area contributed by atoms with Gasteiger partial charge in [-0.15, -0.1) is 0 Å². The maximum absolute atomic E-state index is 12.2. The van der Waals surface area contributed by atoms with Crippen LogP contribution in [0.2, 0.25) is 0 Å². The zero-order valence-electron chi connectivity index (χ0n) is 15.8. The number of alkyl halides is 1. The molecule has 3 fully saturated rings. The van der Waals surface area contributed by atoms with Crippen LogP contribution in [-0.4, -0.2) is 52.9 Å². The fourth-order valence-corrected chi connectivity index (χ4v) is 4.87. The molecule has 0 radical (unpaired) electrons. The molecule has 150 valence electrons. The summed E-state index contributed by atoms with van der Waals surface area (Å²) in [6.45, 7) is 5.95. The first-order valence-electron chi connectivity index (χ1n) is 9.13. The van der Waals surface area contributed by atoms with Crippen molar-refractivity contribution in [2.75, 3.05) is 13.1 Å². The normalized spacial score (nSPS) is 30.2. The van der Waals surface area contributed by atoms with Crippen molar-refractivity contribution in [3.8, 4) is 6.07 Å². The molecule has 3 saturated carbocycles. The van der Waals surface area contributed by atoms with Crippen molar-refractivity contribution in [2.24, 2.45) is 23.2 Å². The maximum atomic E-state index is 12.2. The highest BCUT2D eigenvalue weighted by Crippen LogP contribution is 2.61. The highest BCUT2D eigenvalue weighted by atomic mass is 79.9. The van der Waals surface area contributed by atoms with Crippen LogP contribution < -0.4 is 16.0 Å². The van der Waals surface area contributed by atoms with Crippen LogP contribution in [-0.2, 0) is 14.4 Å². The van der Waals surface area contributed by atoms with Gasteiger partial charge in [0.05, 0.1) is 12.6 Å². The smallest absolute Gasteiger partial charge is 0.322 e. The molecule has 0 aromatic rings. The number of aliphatic carboxylic acids is 1. The van der Waals surface area contributed by atoms with Crippen LogP contribution >= 0.6 is 15.9 Å². The minimum absolute atomic E-state index is 0.179. The van der Waals surface area contributed by atoms with Gasteiger partial charge < -0.3 is 15.7 Å². The summed E-state index contributed by atoms with van der Waals surface area (Å²) >= 11 is 3.25. The Kier molecular flexibility index (Phi) is 6.87. The number of fused-ring (bicyclic) bond motifs is 2. The van der Waals surface area contributed by atoms with E-state index in [2.05, 4.69) is 58.7 Å². The molecule has 3 aliphatic rings. The summed E-state index contributed by atoms with van der Waals surface area (Å²) in [5, 5.41) is 25.9. The Morgan fingerprint density at radius 3 is 2.44 bits per heavy atom. The molecule has 9 heteroatoms. The van der Waals surface area contributed by atoms with E-state index in [1.807, 2.05) is 0 Å². The SMILES string of the molecule is C[C@@H]1[C@H]2C[C@@H](C[C@H]1NC(C#N)C(Br)C(=O)NCC(=O)NCC(=O)O)C2(C)C. The largest absolute Gasteiger partial charge is 0.480 e. The van der Waals surface area contributed by atoms with E-state index in [1.54, 1.807) is 0 Å². The first-order chi connectivity index (χ1) is 12.6. The van der Waals surface area contributed by atoms with Crippen LogP contribution in [0, 0.1) is 34.5 Å². The monoisotopic (exact) mass is 442 g/mol. The van der Waals surface area contributed by atoms with Crippen molar-refractivity contribution >= 4 is 33.7 Å². The van der Waals surface area contributed by atoms with E-state index < -0.39 is 35.2 Å². The maximum Gasteiger partial charge on any atom is 0.322 e. The van der Waals surface area contributed by atoms with Crippen molar-refractivity contribution in [1.82, 2.24) is 16.0 Å². The number of carbonyl (C=O) groups is 3. The molecule has 27 heavy (non-hydrogen) atoms. The number of halogens is 1. The molecule has 0 heterocycles. The lowest BCUT2D eigenvalue weighted by molar-refractivity contribution is -0.137. The lowest BCUT2D eigenvalue weighted by Gasteiger charge is -2.62. The summed E-state index contributed by atoms with van der Waals surface area (Å²) in [7, 11) is 0. The Bertz CT molecular complexity index is 648. The van der Waals surface area contributed by atoms with Crippen LogP contribution in [0.3, 0.4) is 0 Å². The Balaban J connectivity index is 1.84. The third-order valence-corrected chi connectivity index (χ3v) is 7.23. The quantitative estimate of drug-likeness (QED) is 0.407. The van der Waals surface area contributed by atoms with Crippen LogP contribution in [0.5, 0.6) is 0 Å². The predicted octanol–water partition coefficient (Wildman–Crippen LogP) is 0.619. The minimum Gasteiger partial charge on any atom is -0.480 e. The number of hydrogen-bond acceptors (Lipinski definition) is 5. The summed E-state index contributed by atoms with van der Waals surface area (Å²) in [4.78, 5) is 33.3. The molecule has 8 nitrogen and oxygen atoms in total. The van der Waals surface area contributed by atoms with E-state index in [1.165, 1.54) is 6.42 Å². The minimum atomic E-state index is -1.16. The van der Waals surface area contributed by atoms with E-state index in [0.29, 0.717) is 23.2 Å². The van der Waals surface area contributed by atoms with Gasteiger partial charge in [-0.3, -0.25) is 19.7 Å². The second-order valence-electron chi connectivity index (χ2n) is 8.13. The number of carboxylic acids is 1. The highest BCUT2D eigenvalue weighted by Gasteiger charge is 2.56. The lowest BCUT2D eigenvalue weighted by atomic mass is 9.44. The van der Waals surface area contributed by atoms with Gasteiger partial charge in [-0.05, 0) is 36.0 Å². The number of carboxylic acid groups (broad SMARTS) is 1. The molecule has 0 aromatic heterocycles.